The minimum absolute atomic E-state index is 0.0215. The molecule has 14 nitrogen and oxygen atoms in total. The summed E-state index contributed by atoms with van der Waals surface area (Å²) in [6.07, 6.45) is -1.01. The summed E-state index contributed by atoms with van der Waals surface area (Å²) >= 11 is 0. The molecule has 1 heterocycles. The van der Waals surface area contributed by atoms with Crippen LogP contribution >= 0.6 is 0 Å². The third-order valence-corrected chi connectivity index (χ3v) is 7.58. The Hall–Kier alpha value is -5.25. The highest BCUT2D eigenvalue weighted by molar-refractivity contribution is 6.11. The monoisotopic (exact) mass is 726 g/mol. The molecule has 0 spiro atoms. The van der Waals surface area contributed by atoms with Crippen molar-refractivity contribution in [3.63, 3.8) is 0 Å². The van der Waals surface area contributed by atoms with E-state index in [0.29, 0.717) is 24.2 Å². The number of hydrogen-bond acceptors (Lipinski definition) is 13. The molecule has 0 aliphatic carbocycles. The molecule has 1 saturated heterocycles. The van der Waals surface area contributed by atoms with Gasteiger partial charge < -0.3 is 43.3 Å². The predicted octanol–water partition coefficient (Wildman–Crippen LogP) is 5.32. The van der Waals surface area contributed by atoms with Gasteiger partial charge in [-0.15, -0.1) is 5.06 Å². The Morgan fingerprint density at radius 3 is 2.12 bits per heavy atom. The van der Waals surface area contributed by atoms with E-state index >= 15 is 4.39 Å². The van der Waals surface area contributed by atoms with Crippen LogP contribution in [0.15, 0.2) is 60.7 Å². The quantitative estimate of drug-likeness (QED) is 0.130. The number of nitrogens with zero attached hydrogens (tertiary/aromatic N) is 1. The highest BCUT2D eigenvalue weighted by Crippen LogP contribution is 2.30. The van der Waals surface area contributed by atoms with Crippen molar-refractivity contribution in [2.24, 2.45) is 0 Å². The molecule has 0 bridgehead atoms. The molecule has 1 fully saturated rings. The Labute approximate surface area is 300 Å². The molecule has 3 aromatic carbocycles. The molecule has 1 amide bonds. The first kappa shape index (κ1) is 39.5. The molecule has 280 valence electrons. The van der Waals surface area contributed by atoms with E-state index in [2.05, 4.69) is 5.32 Å². The summed E-state index contributed by atoms with van der Waals surface area (Å²) in [5, 5.41) is 4.27. The fourth-order valence-electron chi connectivity index (χ4n) is 5.16. The Kier molecular flexibility index (Phi) is 13.9. The summed E-state index contributed by atoms with van der Waals surface area (Å²) in [6.45, 7) is 5.17. The molecule has 15 heteroatoms. The molecule has 4 rings (SSSR count). The SMILES string of the molecule is COCOc1ccc(C(=O)N[C@@H]2CN(OC(=O)OC(C)(C)C)CCC[C@H]2OC(=O)c2ccc(C(=O)c3c(F)cc(OC)cc3OCOC)cc2)cc1. The van der Waals surface area contributed by atoms with Crippen LogP contribution in [0.4, 0.5) is 9.18 Å². The zero-order valence-electron chi connectivity index (χ0n) is 29.9. The second kappa shape index (κ2) is 18.3. The lowest BCUT2D eigenvalue weighted by Gasteiger charge is -2.29. The van der Waals surface area contributed by atoms with Crippen molar-refractivity contribution in [2.75, 3.05) is 48.0 Å². The maximum Gasteiger partial charge on any atom is 0.528 e. The van der Waals surface area contributed by atoms with Gasteiger partial charge in [0, 0.05) is 44.0 Å². The molecule has 0 aromatic heterocycles. The van der Waals surface area contributed by atoms with Gasteiger partial charge in [-0.2, -0.15) is 0 Å². The van der Waals surface area contributed by atoms with Crippen LogP contribution in [0.3, 0.4) is 0 Å². The smallest absolute Gasteiger partial charge is 0.497 e. The molecule has 52 heavy (non-hydrogen) atoms. The Morgan fingerprint density at radius 2 is 1.48 bits per heavy atom. The van der Waals surface area contributed by atoms with E-state index in [0.717, 1.165) is 6.07 Å². The molecule has 1 N–H and O–H groups in total. The summed E-state index contributed by atoms with van der Waals surface area (Å²) in [5.41, 5.74) is -0.637. The molecule has 1 aliphatic heterocycles. The van der Waals surface area contributed by atoms with E-state index in [4.69, 9.17) is 38.0 Å². The molecular formula is C37H43FN2O12. The van der Waals surface area contributed by atoms with E-state index < -0.39 is 47.4 Å². The predicted molar refractivity (Wildman–Crippen MR) is 183 cm³/mol. The maximum absolute atomic E-state index is 15.1. The maximum atomic E-state index is 15.1. The molecule has 0 saturated carbocycles. The zero-order chi connectivity index (χ0) is 37.8. The number of halogens is 1. The van der Waals surface area contributed by atoms with Gasteiger partial charge in [-0.05, 0) is 70.0 Å². The molecule has 1 aliphatic rings. The van der Waals surface area contributed by atoms with Crippen LogP contribution in [0.25, 0.3) is 0 Å². The van der Waals surface area contributed by atoms with Crippen LogP contribution < -0.4 is 19.5 Å². The standard InChI is InChI=1S/C37H43FN2O12/c1-37(2,3)51-36(44)52-40-17-7-8-30(29(20-40)39-34(42)24-13-15-26(16-14-24)48-21-45-4)50-35(43)25-11-9-23(10-12-25)33(41)32-28(38)18-27(47-6)19-31(32)49-22-46-5/h9-16,18-19,29-30H,7-8,17,20-22H2,1-6H3,(H,39,42)/t29-,30-/m1/s1. The van der Waals surface area contributed by atoms with Crippen LogP contribution in [-0.2, 0) is 23.8 Å². The summed E-state index contributed by atoms with van der Waals surface area (Å²) in [7, 11) is 4.23. The van der Waals surface area contributed by atoms with Crippen molar-refractivity contribution in [1.29, 1.82) is 0 Å². The Morgan fingerprint density at radius 1 is 0.846 bits per heavy atom. The number of nitrogens with one attached hydrogen (secondary N) is 1. The van der Waals surface area contributed by atoms with Crippen molar-refractivity contribution in [2.45, 2.75) is 51.4 Å². The minimum Gasteiger partial charge on any atom is -0.497 e. The lowest BCUT2D eigenvalue weighted by molar-refractivity contribution is -0.144. The number of carbonyl (C=O) groups is 4. The van der Waals surface area contributed by atoms with Crippen LogP contribution in [0.2, 0.25) is 0 Å². The molecule has 3 aromatic rings. The van der Waals surface area contributed by atoms with Gasteiger partial charge in [0.2, 0.25) is 0 Å². The number of ketones is 1. The summed E-state index contributed by atoms with van der Waals surface area (Å²) in [4.78, 5) is 58.1. The normalized spacial score (nSPS) is 16.2. The third-order valence-electron chi connectivity index (χ3n) is 7.58. The van der Waals surface area contributed by atoms with E-state index in [1.54, 1.807) is 45.0 Å². The van der Waals surface area contributed by atoms with E-state index in [1.807, 2.05) is 0 Å². The van der Waals surface area contributed by atoms with Crippen molar-refractivity contribution < 1.29 is 61.6 Å². The number of amides is 1. The van der Waals surface area contributed by atoms with Crippen LogP contribution in [0, 0.1) is 5.82 Å². The second-order valence-corrected chi connectivity index (χ2v) is 12.6. The Balaban J connectivity index is 1.52. The van der Waals surface area contributed by atoms with Gasteiger partial charge in [-0.25, -0.2) is 14.0 Å². The van der Waals surface area contributed by atoms with Crippen LogP contribution in [-0.4, -0.2) is 94.6 Å². The lowest BCUT2D eigenvalue weighted by Crippen LogP contribution is -2.50. The first-order valence-electron chi connectivity index (χ1n) is 16.4. The minimum atomic E-state index is -0.916. The fraction of sp³-hybridized carbons (Fsp3) is 0.405. The van der Waals surface area contributed by atoms with Gasteiger partial charge in [0.1, 0.15) is 40.3 Å². The largest absolute Gasteiger partial charge is 0.528 e. The van der Waals surface area contributed by atoms with Crippen LogP contribution in [0.1, 0.15) is 70.3 Å². The van der Waals surface area contributed by atoms with Gasteiger partial charge in [-0.1, -0.05) is 12.1 Å². The first-order chi connectivity index (χ1) is 24.8. The highest BCUT2D eigenvalue weighted by Gasteiger charge is 2.34. The van der Waals surface area contributed by atoms with Gasteiger partial charge >= 0.3 is 12.1 Å². The number of esters is 1. The summed E-state index contributed by atoms with van der Waals surface area (Å²) in [5.74, 6) is -2.18. The third kappa shape index (κ3) is 11.1. The average molecular weight is 727 g/mol. The topological polar surface area (TPSA) is 157 Å². The number of hydrogen-bond donors (Lipinski definition) is 1. The lowest BCUT2D eigenvalue weighted by atomic mass is 10.00. The van der Waals surface area contributed by atoms with Crippen molar-refractivity contribution in [3.8, 4) is 17.2 Å². The van der Waals surface area contributed by atoms with Crippen molar-refractivity contribution >= 4 is 23.8 Å². The number of ether oxygens (including phenoxy) is 7. The van der Waals surface area contributed by atoms with Gasteiger partial charge in [0.25, 0.3) is 5.91 Å². The number of methoxy groups -OCH3 is 3. The summed E-state index contributed by atoms with van der Waals surface area (Å²) in [6, 6.07) is 13.5. The summed E-state index contributed by atoms with van der Waals surface area (Å²) < 4.78 is 52.0. The van der Waals surface area contributed by atoms with Gasteiger partial charge in [0.15, 0.2) is 19.4 Å². The zero-order valence-corrected chi connectivity index (χ0v) is 29.9. The van der Waals surface area contributed by atoms with E-state index in [9.17, 15) is 19.2 Å². The molecule has 0 radical (unpaired) electrons. The number of hydroxylamine groups is 2. The Bertz CT molecular complexity index is 1690. The number of carbonyl (C=O) groups excluding carboxylic acids is 4. The fourth-order valence-corrected chi connectivity index (χ4v) is 5.16. The average Bonchev–Trinajstić information content (AvgIpc) is 3.29. The molecular weight excluding hydrogens is 683 g/mol. The molecule has 2 atom stereocenters. The van der Waals surface area contributed by atoms with E-state index in [1.165, 1.54) is 56.7 Å². The first-order valence-corrected chi connectivity index (χ1v) is 16.4. The van der Waals surface area contributed by atoms with Crippen LogP contribution in [0.5, 0.6) is 17.2 Å². The van der Waals surface area contributed by atoms with Crippen molar-refractivity contribution in [3.05, 3.63) is 88.7 Å². The molecule has 0 unspecified atom stereocenters. The number of benzene rings is 3. The van der Waals surface area contributed by atoms with Crippen molar-refractivity contribution in [1.82, 2.24) is 10.4 Å². The highest BCUT2D eigenvalue weighted by atomic mass is 19.1. The number of rotatable bonds is 14. The van der Waals surface area contributed by atoms with E-state index in [-0.39, 0.29) is 54.9 Å². The second-order valence-electron chi connectivity index (χ2n) is 12.6. The van der Waals surface area contributed by atoms with Gasteiger partial charge in [-0.3, -0.25) is 9.59 Å². The van der Waals surface area contributed by atoms with Gasteiger partial charge in [0.05, 0.1) is 25.3 Å².